The molecule has 0 radical (unpaired) electrons. The van der Waals surface area contributed by atoms with Crippen molar-refractivity contribution in [2.45, 2.75) is 65.8 Å². The fourth-order valence-electron chi connectivity index (χ4n) is 3.67. The highest BCUT2D eigenvalue weighted by Gasteiger charge is 2.16. The molecule has 0 saturated carbocycles. The molecule has 3 heterocycles. The van der Waals surface area contributed by atoms with E-state index >= 15 is 0 Å². The van der Waals surface area contributed by atoms with Crippen LogP contribution in [0.4, 0.5) is 0 Å². The molecule has 0 fully saturated rings. The molecule has 162 valence electrons. The summed E-state index contributed by atoms with van der Waals surface area (Å²) in [5.41, 5.74) is 4.35. The number of nitrogens with one attached hydrogen (secondary N) is 1. The fourth-order valence-corrected chi connectivity index (χ4v) is 3.67. The van der Waals surface area contributed by atoms with E-state index in [-0.39, 0.29) is 0 Å². The zero-order chi connectivity index (χ0) is 21.8. The molecule has 4 rings (SSSR count). The standard InChI is InChI=1S/C23H30N8/c1-5-7-8-20-24-22(16(3)6-2)27-31(20)15-18-9-11-19(12-10-18)30-14-13-17(4)21(30)23-25-28-29-26-23/h9-14,16H,5-8,15H2,1-4H3,(H,25,26,28,29). The lowest BCUT2D eigenvalue weighted by molar-refractivity contribution is 0.602. The van der Waals surface area contributed by atoms with Crippen LogP contribution in [0.15, 0.2) is 36.5 Å². The predicted molar refractivity (Wildman–Crippen MR) is 120 cm³/mol. The largest absolute Gasteiger partial charge is 0.314 e. The number of H-pyrrole nitrogens is 1. The highest BCUT2D eigenvalue weighted by molar-refractivity contribution is 5.59. The monoisotopic (exact) mass is 418 g/mol. The van der Waals surface area contributed by atoms with Gasteiger partial charge in [0.15, 0.2) is 11.6 Å². The molecule has 1 aromatic carbocycles. The van der Waals surface area contributed by atoms with Crippen LogP contribution in [-0.4, -0.2) is 40.0 Å². The van der Waals surface area contributed by atoms with Crippen molar-refractivity contribution in [3.8, 4) is 17.2 Å². The van der Waals surface area contributed by atoms with Gasteiger partial charge in [0.2, 0.25) is 0 Å². The van der Waals surface area contributed by atoms with E-state index in [2.05, 4.69) is 87.9 Å². The van der Waals surface area contributed by atoms with E-state index in [1.54, 1.807) is 0 Å². The molecule has 0 saturated heterocycles. The molecule has 8 heteroatoms. The lowest BCUT2D eigenvalue weighted by Crippen LogP contribution is -2.08. The van der Waals surface area contributed by atoms with Crippen molar-refractivity contribution >= 4 is 0 Å². The van der Waals surface area contributed by atoms with E-state index in [1.165, 1.54) is 5.56 Å². The number of hydrogen-bond donors (Lipinski definition) is 1. The van der Waals surface area contributed by atoms with E-state index in [1.807, 2.05) is 6.20 Å². The van der Waals surface area contributed by atoms with Gasteiger partial charge in [0.1, 0.15) is 5.82 Å². The van der Waals surface area contributed by atoms with Crippen LogP contribution >= 0.6 is 0 Å². The van der Waals surface area contributed by atoms with Gasteiger partial charge in [0.25, 0.3) is 0 Å². The molecule has 0 bridgehead atoms. The topological polar surface area (TPSA) is 90.1 Å². The molecule has 0 aliphatic carbocycles. The molecular formula is C23H30N8. The van der Waals surface area contributed by atoms with E-state index in [4.69, 9.17) is 10.1 Å². The van der Waals surface area contributed by atoms with Gasteiger partial charge in [-0.05, 0) is 59.5 Å². The van der Waals surface area contributed by atoms with Crippen molar-refractivity contribution < 1.29 is 0 Å². The second-order valence-corrected chi connectivity index (χ2v) is 8.09. The highest BCUT2D eigenvalue weighted by Crippen LogP contribution is 2.25. The number of aryl methyl sites for hydroxylation is 2. The predicted octanol–water partition coefficient (Wildman–Crippen LogP) is 4.46. The van der Waals surface area contributed by atoms with Crippen LogP contribution in [-0.2, 0) is 13.0 Å². The summed E-state index contributed by atoms with van der Waals surface area (Å²) in [6.45, 7) is 9.37. The zero-order valence-corrected chi connectivity index (χ0v) is 18.7. The third-order valence-electron chi connectivity index (χ3n) is 5.78. The first-order valence-electron chi connectivity index (χ1n) is 11.1. The van der Waals surface area contributed by atoms with Crippen LogP contribution in [0.3, 0.4) is 0 Å². The second kappa shape index (κ2) is 9.24. The Bertz CT molecular complexity index is 1110. The normalized spacial score (nSPS) is 12.4. The summed E-state index contributed by atoms with van der Waals surface area (Å²) in [6, 6.07) is 10.6. The first-order chi connectivity index (χ1) is 15.1. The first kappa shape index (κ1) is 21.0. The number of tetrazole rings is 1. The van der Waals surface area contributed by atoms with Crippen LogP contribution in [0.1, 0.15) is 68.7 Å². The number of unbranched alkanes of at least 4 members (excludes halogenated alkanes) is 1. The Morgan fingerprint density at radius 2 is 1.90 bits per heavy atom. The molecule has 0 aliphatic rings. The van der Waals surface area contributed by atoms with Crippen molar-refractivity contribution in [1.82, 2.24) is 40.0 Å². The Morgan fingerprint density at radius 1 is 1.10 bits per heavy atom. The molecule has 0 spiro atoms. The maximum Gasteiger partial charge on any atom is 0.196 e. The van der Waals surface area contributed by atoms with Gasteiger partial charge in [0, 0.05) is 24.2 Å². The van der Waals surface area contributed by atoms with Crippen molar-refractivity contribution in [2.75, 3.05) is 0 Å². The number of rotatable bonds is 9. The average molecular weight is 419 g/mol. The molecule has 1 unspecified atom stereocenters. The van der Waals surface area contributed by atoms with Crippen molar-refractivity contribution in [1.29, 1.82) is 0 Å². The first-order valence-corrected chi connectivity index (χ1v) is 11.1. The fraction of sp³-hybridized carbons (Fsp3) is 0.435. The molecule has 31 heavy (non-hydrogen) atoms. The quantitative estimate of drug-likeness (QED) is 0.433. The Kier molecular flexibility index (Phi) is 6.25. The maximum absolute atomic E-state index is 4.85. The maximum atomic E-state index is 4.85. The molecule has 8 nitrogen and oxygen atoms in total. The van der Waals surface area contributed by atoms with Gasteiger partial charge in [-0.15, -0.1) is 5.10 Å². The van der Waals surface area contributed by atoms with E-state index < -0.39 is 0 Å². The van der Waals surface area contributed by atoms with Crippen LogP contribution in [0.25, 0.3) is 17.2 Å². The number of aromatic nitrogens is 8. The number of hydrogen-bond acceptors (Lipinski definition) is 5. The van der Waals surface area contributed by atoms with Crippen LogP contribution in [0.5, 0.6) is 0 Å². The molecule has 4 aromatic rings. The van der Waals surface area contributed by atoms with E-state index in [9.17, 15) is 0 Å². The van der Waals surface area contributed by atoms with Gasteiger partial charge in [-0.2, -0.15) is 5.10 Å². The molecule has 0 aliphatic heterocycles. The van der Waals surface area contributed by atoms with Crippen molar-refractivity contribution in [3.05, 3.63) is 59.3 Å². The zero-order valence-electron chi connectivity index (χ0n) is 18.7. The van der Waals surface area contributed by atoms with Crippen LogP contribution in [0.2, 0.25) is 0 Å². The van der Waals surface area contributed by atoms with E-state index in [0.717, 1.165) is 60.8 Å². The van der Waals surface area contributed by atoms with Crippen molar-refractivity contribution in [3.63, 3.8) is 0 Å². The summed E-state index contributed by atoms with van der Waals surface area (Å²) in [4.78, 5) is 4.85. The minimum absolute atomic E-state index is 0.380. The SMILES string of the molecule is CCCCc1nc(C(C)CC)nn1Cc1ccc(-n2ccc(C)c2-c2nnn[nH]2)cc1. The number of nitrogens with zero attached hydrogens (tertiary/aromatic N) is 7. The smallest absolute Gasteiger partial charge is 0.196 e. The van der Waals surface area contributed by atoms with Crippen molar-refractivity contribution in [2.24, 2.45) is 0 Å². The molecule has 1 N–H and O–H groups in total. The van der Waals surface area contributed by atoms with Gasteiger partial charge < -0.3 is 4.57 Å². The Morgan fingerprint density at radius 3 is 2.58 bits per heavy atom. The third kappa shape index (κ3) is 4.42. The summed E-state index contributed by atoms with van der Waals surface area (Å²) < 4.78 is 4.18. The molecule has 3 aromatic heterocycles. The molecule has 1 atom stereocenters. The highest BCUT2D eigenvalue weighted by atomic mass is 15.5. The van der Waals surface area contributed by atoms with Gasteiger partial charge in [-0.25, -0.2) is 14.8 Å². The lowest BCUT2D eigenvalue weighted by atomic mass is 10.1. The van der Waals surface area contributed by atoms with Gasteiger partial charge in [-0.1, -0.05) is 39.3 Å². The molecule has 0 amide bonds. The Labute approximate surface area is 182 Å². The minimum atomic E-state index is 0.380. The number of benzene rings is 1. The van der Waals surface area contributed by atoms with Gasteiger partial charge in [0.05, 0.1) is 12.2 Å². The molecular weight excluding hydrogens is 388 g/mol. The second-order valence-electron chi connectivity index (χ2n) is 8.09. The number of aromatic amines is 1. The summed E-state index contributed by atoms with van der Waals surface area (Å²) in [7, 11) is 0. The third-order valence-corrected chi connectivity index (χ3v) is 5.78. The van der Waals surface area contributed by atoms with Gasteiger partial charge >= 0.3 is 0 Å². The Balaban J connectivity index is 1.58. The summed E-state index contributed by atoms with van der Waals surface area (Å²) in [5, 5.41) is 19.2. The van der Waals surface area contributed by atoms with Crippen LogP contribution < -0.4 is 0 Å². The summed E-state index contributed by atoms with van der Waals surface area (Å²) >= 11 is 0. The lowest BCUT2D eigenvalue weighted by Gasteiger charge is -2.10. The average Bonchev–Trinajstić information content (AvgIpc) is 3.52. The van der Waals surface area contributed by atoms with Gasteiger partial charge in [-0.3, -0.25) is 0 Å². The summed E-state index contributed by atoms with van der Waals surface area (Å²) in [5.74, 6) is 3.08. The summed E-state index contributed by atoms with van der Waals surface area (Å²) in [6.07, 6.45) is 6.34. The Hall–Kier alpha value is -3.29. The minimum Gasteiger partial charge on any atom is -0.314 e. The van der Waals surface area contributed by atoms with Crippen LogP contribution in [0, 0.1) is 6.92 Å². The van der Waals surface area contributed by atoms with E-state index in [0.29, 0.717) is 11.7 Å².